The highest BCUT2D eigenvalue weighted by molar-refractivity contribution is 4.55. The summed E-state index contributed by atoms with van der Waals surface area (Å²) in [5.74, 6) is 0. The molecule has 0 amide bonds. The van der Waals surface area contributed by atoms with Gasteiger partial charge in [-0.1, -0.05) is 0 Å². The lowest BCUT2D eigenvalue weighted by Gasteiger charge is -2.14. The fraction of sp³-hybridized carbons (Fsp3) is 1.00. The summed E-state index contributed by atoms with van der Waals surface area (Å²) in [5.41, 5.74) is 0. The van der Waals surface area contributed by atoms with Gasteiger partial charge in [0.05, 0.1) is 13.7 Å². The van der Waals surface area contributed by atoms with Crippen LogP contribution in [0.2, 0.25) is 0 Å². The summed E-state index contributed by atoms with van der Waals surface area (Å²) in [6.07, 6.45) is -4.13. The average molecular weight is 186 g/mol. The molecule has 3 nitrogen and oxygen atoms in total. The summed E-state index contributed by atoms with van der Waals surface area (Å²) in [5, 5.41) is 3.69. The van der Waals surface area contributed by atoms with Crippen molar-refractivity contribution in [2.24, 2.45) is 0 Å². The minimum absolute atomic E-state index is 0.254. The first kappa shape index (κ1) is 11.7. The van der Waals surface area contributed by atoms with E-state index in [-0.39, 0.29) is 6.54 Å². The smallest absolute Gasteiger partial charge is 0.307 e. The molecule has 0 fully saturated rings. The lowest BCUT2D eigenvalue weighted by atomic mass is 10.5. The van der Waals surface area contributed by atoms with Crippen LogP contribution in [0.1, 0.15) is 0 Å². The molecule has 6 heteroatoms. The van der Waals surface area contributed by atoms with E-state index in [9.17, 15) is 13.2 Å². The number of likely N-dealkylation sites (N-methyl/N-ethyl adjacent to an activating group) is 1. The first-order chi connectivity index (χ1) is 5.45. The molecule has 0 saturated heterocycles. The van der Waals surface area contributed by atoms with E-state index < -0.39 is 12.7 Å². The Morgan fingerprint density at radius 1 is 1.42 bits per heavy atom. The summed E-state index contributed by atoms with van der Waals surface area (Å²) in [6.45, 7) is -0.277. The Morgan fingerprint density at radius 3 is 2.42 bits per heavy atom. The van der Waals surface area contributed by atoms with Crippen molar-refractivity contribution in [2.75, 3.05) is 33.8 Å². The predicted octanol–water partition coefficient (Wildman–Crippen LogP) is 0.631. The Hall–Kier alpha value is -0.330. The van der Waals surface area contributed by atoms with Crippen molar-refractivity contribution < 1.29 is 18.0 Å². The van der Waals surface area contributed by atoms with Crippen LogP contribution in [-0.2, 0) is 4.84 Å². The SMILES string of the molecule is CON(C)CCNCC(F)(F)F. The van der Waals surface area contributed by atoms with E-state index >= 15 is 0 Å². The first-order valence-corrected chi connectivity index (χ1v) is 3.48. The van der Waals surface area contributed by atoms with Crippen LogP contribution in [0.15, 0.2) is 0 Å². The van der Waals surface area contributed by atoms with Crippen LogP contribution in [0.3, 0.4) is 0 Å². The van der Waals surface area contributed by atoms with Crippen LogP contribution in [0.25, 0.3) is 0 Å². The maximum Gasteiger partial charge on any atom is 0.401 e. The molecule has 0 bridgehead atoms. The van der Waals surface area contributed by atoms with Crippen LogP contribution in [0, 0.1) is 0 Å². The molecule has 0 atom stereocenters. The summed E-state index contributed by atoms with van der Waals surface area (Å²) >= 11 is 0. The lowest BCUT2D eigenvalue weighted by molar-refractivity contribution is -0.129. The van der Waals surface area contributed by atoms with Crippen LogP contribution >= 0.6 is 0 Å². The van der Waals surface area contributed by atoms with Gasteiger partial charge >= 0.3 is 6.18 Å². The highest BCUT2D eigenvalue weighted by Crippen LogP contribution is 2.11. The fourth-order valence-electron chi connectivity index (χ4n) is 0.558. The van der Waals surface area contributed by atoms with Gasteiger partial charge in [0.1, 0.15) is 0 Å². The van der Waals surface area contributed by atoms with Crippen LogP contribution < -0.4 is 5.32 Å². The quantitative estimate of drug-likeness (QED) is 0.503. The summed E-state index contributed by atoms with van der Waals surface area (Å²) in [6, 6.07) is 0. The highest BCUT2D eigenvalue weighted by Gasteiger charge is 2.25. The van der Waals surface area contributed by atoms with Crippen molar-refractivity contribution in [1.29, 1.82) is 0 Å². The molecule has 0 aromatic rings. The molecule has 0 aliphatic carbocycles. The number of hydrogen-bond acceptors (Lipinski definition) is 3. The van der Waals surface area contributed by atoms with E-state index in [4.69, 9.17) is 4.84 Å². The van der Waals surface area contributed by atoms with E-state index in [0.717, 1.165) is 0 Å². The second kappa shape index (κ2) is 5.34. The number of alkyl halides is 3. The number of nitrogens with zero attached hydrogens (tertiary/aromatic N) is 1. The van der Waals surface area contributed by atoms with E-state index in [1.165, 1.54) is 12.2 Å². The van der Waals surface area contributed by atoms with Crippen molar-refractivity contribution in [3.63, 3.8) is 0 Å². The summed E-state index contributed by atoms with van der Waals surface area (Å²) in [7, 11) is 3.11. The van der Waals surface area contributed by atoms with Crippen molar-refractivity contribution in [3.8, 4) is 0 Å². The zero-order valence-electron chi connectivity index (χ0n) is 7.11. The van der Waals surface area contributed by atoms with Gasteiger partial charge in [0, 0.05) is 20.1 Å². The van der Waals surface area contributed by atoms with Crippen LogP contribution in [0.5, 0.6) is 0 Å². The van der Waals surface area contributed by atoms with Gasteiger partial charge in [-0.25, -0.2) is 0 Å². The topological polar surface area (TPSA) is 24.5 Å². The van der Waals surface area contributed by atoms with Gasteiger partial charge in [-0.2, -0.15) is 18.2 Å². The predicted molar refractivity (Wildman–Crippen MR) is 38.6 cm³/mol. The third-order valence-electron chi connectivity index (χ3n) is 1.24. The fourth-order valence-corrected chi connectivity index (χ4v) is 0.558. The Balaban J connectivity index is 3.22. The van der Waals surface area contributed by atoms with Crippen molar-refractivity contribution in [2.45, 2.75) is 6.18 Å². The largest absolute Gasteiger partial charge is 0.401 e. The highest BCUT2D eigenvalue weighted by atomic mass is 19.4. The van der Waals surface area contributed by atoms with Gasteiger partial charge in [-0.15, -0.1) is 0 Å². The molecule has 1 N–H and O–H groups in total. The molecule has 0 aromatic heterocycles. The van der Waals surface area contributed by atoms with Crippen LogP contribution in [0.4, 0.5) is 13.2 Å². The maximum absolute atomic E-state index is 11.6. The minimum Gasteiger partial charge on any atom is -0.307 e. The number of hydrogen-bond donors (Lipinski definition) is 1. The minimum atomic E-state index is -4.13. The van der Waals surface area contributed by atoms with Gasteiger partial charge in [0.25, 0.3) is 0 Å². The molecule has 0 saturated carbocycles. The van der Waals surface area contributed by atoms with Crippen molar-refractivity contribution in [1.82, 2.24) is 10.4 Å². The molecule has 0 heterocycles. The molecular weight excluding hydrogens is 173 g/mol. The van der Waals surface area contributed by atoms with Gasteiger partial charge in [-0.05, 0) is 0 Å². The molecule has 0 rings (SSSR count). The Bertz CT molecular complexity index is 118. The van der Waals surface area contributed by atoms with E-state index in [1.54, 1.807) is 7.05 Å². The van der Waals surface area contributed by atoms with Gasteiger partial charge in [0.2, 0.25) is 0 Å². The molecule has 0 aliphatic rings. The van der Waals surface area contributed by atoms with E-state index in [0.29, 0.717) is 6.54 Å². The molecule has 0 aromatic carbocycles. The normalized spacial score (nSPS) is 12.5. The number of hydroxylamine groups is 2. The Kier molecular flexibility index (Phi) is 5.19. The maximum atomic E-state index is 11.6. The molecule has 0 unspecified atom stereocenters. The number of rotatable bonds is 5. The average Bonchev–Trinajstić information content (AvgIpc) is 1.96. The number of nitrogens with one attached hydrogen (secondary N) is 1. The third kappa shape index (κ3) is 7.77. The van der Waals surface area contributed by atoms with Gasteiger partial charge in [-0.3, -0.25) is 0 Å². The standard InChI is InChI=1S/C6H13F3N2O/c1-11(12-2)4-3-10-5-6(7,8)9/h10H,3-5H2,1-2H3. The van der Waals surface area contributed by atoms with Crippen LogP contribution in [-0.4, -0.2) is 45.0 Å². The molecule has 0 aliphatic heterocycles. The summed E-state index contributed by atoms with van der Waals surface area (Å²) in [4.78, 5) is 4.69. The zero-order chi connectivity index (χ0) is 9.61. The van der Waals surface area contributed by atoms with Gasteiger partial charge in [0.15, 0.2) is 0 Å². The Labute approximate surface area is 69.4 Å². The Morgan fingerprint density at radius 2 is 2.00 bits per heavy atom. The lowest BCUT2D eigenvalue weighted by Crippen LogP contribution is -2.34. The zero-order valence-corrected chi connectivity index (χ0v) is 7.11. The molecule has 74 valence electrons. The molecule has 12 heavy (non-hydrogen) atoms. The van der Waals surface area contributed by atoms with E-state index in [1.807, 2.05) is 0 Å². The molecule has 0 radical (unpaired) electrons. The third-order valence-corrected chi connectivity index (χ3v) is 1.24. The van der Waals surface area contributed by atoms with E-state index in [2.05, 4.69) is 5.32 Å². The van der Waals surface area contributed by atoms with Crippen molar-refractivity contribution >= 4 is 0 Å². The first-order valence-electron chi connectivity index (χ1n) is 3.48. The summed E-state index contributed by atoms with van der Waals surface area (Å²) < 4.78 is 34.7. The second-order valence-corrected chi connectivity index (χ2v) is 2.33. The van der Waals surface area contributed by atoms with Gasteiger partial charge < -0.3 is 10.2 Å². The molecular formula is C6H13F3N2O. The van der Waals surface area contributed by atoms with Crippen molar-refractivity contribution in [3.05, 3.63) is 0 Å². The molecule has 0 spiro atoms. The monoisotopic (exact) mass is 186 g/mol. The number of halogens is 3. The second-order valence-electron chi connectivity index (χ2n) is 2.33.